The monoisotopic (exact) mass is 305 g/mol. The van der Waals surface area contributed by atoms with Gasteiger partial charge in [0.25, 0.3) is 0 Å². The fourth-order valence-corrected chi connectivity index (χ4v) is 1.80. The van der Waals surface area contributed by atoms with E-state index in [0.29, 0.717) is 12.2 Å². The second-order valence-corrected chi connectivity index (χ2v) is 6.28. The van der Waals surface area contributed by atoms with E-state index in [2.05, 4.69) is 16.0 Å². The Balaban J connectivity index is 4.14. The molecule has 1 atom stereocenters. The van der Waals surface area contributed by atoms with E-state index < -0.39 is 18.0 Å². The first-order valence-electron chi connectivity index (χ1n) is 6.23. The molecule has 0 radical (unpaired) electrons. The number of carbonyl (C=O) groups is 3. The molecule has 4 N–H and O–H groups in total. The second-order valence-electron chi connectivity index (χ2n) is 5.30. The van der Waals surface area contributed by atoms with Crippen molar-refractivity contribution in [1.29, 1.82) is 0 Å². The molecule has 0 aliphatic rings. The molecule has 0 fully saturated rings. The summed E-state index contributed by atoms with van der Waals surface area (Å²) in [6.45, 7) is 5.29. The van der Waals surface area contributed by atoms with Crippen molar-refractivity contribution in [1.82, 2.24) is 16.0 Å². The Bertz CT molecular complexity index is 355. The molecule has 0 aromatic carbocycles. The smallest absolute Gasteiger partial charge is 0.326 e. The van der Waals surface area contributed by atoms with Gasteiger partial charge in [0, 0.05) is 5.54 Å². The molecule has 8 heteroatoms. The summed E-state index contributed by atoms with van der Waals surface area (Å²) in [5, 5.41) is 16.3. The summed E-state index contributed by atoms with van der Waals surface area (Å²) >= 11 is 1.50. The van der Waals surface area contributed by atoms with Gasteiger partial charge in [-0.05, 0) is 39.2 Å². The normalized spacial score (nSPS) is 12.4. The summed E-state index contributed by atoms with van der Waals surface area (Å²) in [6, 6.07) is -1.62. The minimum atomic E-state index is -1.09. The molecule has 7 nitrogen and oxygen atoms in total. The quantitative estimate of drug-likeness (QED) is 0.545. The predicted molar refractivity (Wildman–Crippen MR) is 78.9 cm³/mol. The van der Waals surface area contributed by atoms with Gasteiger partial charge >= 0.3 is 12.0 Å². The number of amides is 3. The number of nitrogens with one attached hydrogen (secondary N) is 3. The van der Waals surface area contributed by atoms with Crippen molar-refractivity contribution in [3.05, 3.63) is 0 Å². The lowest BCUT2D eigenvalue weighted by Gasteiger charge is -2.21. The SMILES string of the molecule is CSCC[C@H](NC(=O)NCC(=O)NC(C)(C)C)C(=O)O. The standard InChI is InChI=1S/C12H23N3O4S/c1-12(2,3)15-9(16)7-13-11(19)14-8(10(17)18)5-6-20-4/h8H,5-7H2,1-4H3,(H,15,16)(H,17,18)(H2,13,14,19)/t8-/m0/s1. The van der Waals surface area contributed by atoms with Crippen LogP contribution in [0.4, 0.5) is 4.79 Å². The molecule has 0 bridgehead atoms. The van der Waals surface area contributed by atoms with E-state index in [0.717, 1.165) is 0 Å². The van der Waals surface area contributed by atoms with Crippen LogP contribution < -0.4 is 16.0 Å². The van der Waals surface area contributed by atoms with Crippen LogP contribution in [0.5, 0.6) is 0 Å². The Labute approximate surface area is 123 Å². The van der Waals surface area contributed by atoms with E-state index in [1.54, 1.807) is 0 Å². The fourth-order valence-electron chi connectivity index (χ4n) is 1.33. The Kier molecular flexibility index (Phi) is 8.05. The third kappa shape index (κ3) is 9.48. The lowest BCUT2D eigenvalue weighted by Crippen LogP contribution is -2.50. The van der Waals surface area contributed by atoms with Gasteiger partial charge in [-0.15, -0.1) is 0 Å². The van der Waals surface area contributed by atoms with Gasteiger partial charge in [0.15, 0.2) is 0 Å². The summed E-state index contributed by atoms with van der Waals surface area (Å²) in [5.41, 5.74) is -0.378. The third-order valence-corrected chi connectivity index (χ3v) is 2.78. The summed E-state index contributed by atoms with van der Waals surface area (Å²) in [7, 11) is 0. The van der Waals surface area contributed by atoms with Gasteiger partial charge in [-0.1, -0.05) is 0 Å². The molecule has 0 spiro atoms. The van der Waals surface area contributed by atoms with Crippen molar-refractivity contribution in [3.8, 4) is 0 Å². The zero-order valence-electron chi connectivity index (χ0n) is 12.3. The van der Waals surface area contributed by atoms with Crippen LogP contribution in [-0.4, -0.2) is 53.1 Å². The highest BCUT2D eigenvalue weighted by atomic mass is 32.2. The van der Waals surface area contributed by atoms with Crippen molar-refractivity contribution >= 4 is 29.7 Å². The maximum Gasteiger partial charge on any atom is 0.326 e. The summed E-state index contributed by atoms with van der Waals surface area (Å²) in [6.07, 6.45) is 2.19. The van der Waals surface area contributed by atoms with Gasteiger partial charge < -0.3 is 21.1 Å². The molecular weight excluding hydrogens is 282 g/mol. The van der Waals surface area contributed by atoms with Crippen molar-refractivity contribution in [2.45, 2.75) is 38.8 Å². The van der Waals surface area contributed by atoms with Crippen LogP contribution in [0.1, 0.15) is 27.2 Å². The van der Waals surface area contributed by atoms with E-state index in [1.807, 2.05) is 27.0 Å². The fraction of sp³-hybridized carbons (Fsp3) is 0.750. The summed E-state index contributed by atoms with van der Waals surface area (Å²) < 4.78 is 0. The molecule has 0 aliphatic heterocycles. The molecule has 3 amide bonds. The zero-order valence-corrected chi connectivity index (χ0v) is 13.1. The van der Waals surface area contributed by atoms with Crippen LogP contribution in [0.25, 0.3) is 0 Å². The van der Waals surface area contributed by atoms with Crippen molar-refractivity contribution in [2.75, 3.05) is 18.6 Å². The lowest BCUT2D eigenvalue weighted by atomic mass is 10.1. The molecular formula is C12H23N3O4S. The number of hydrogen-bond donors (Lipinski definition) is 4. The Hall–Kier alpha value is -1.44. The molecule has 0 aromatic rings. The van der Waals surface area contributed by atoms with E-state index in [1.165, 1.54) is 11.8 Å². The first-order valence-corrected chi connectivity index (χ1v) is 7.62. The van der Waals surface area contributed by atoms with E-state index >= 15 is 0 Å². The van der Waals surface area contributed by atoms with Gasteiger partial charge in [0.2, 0.25) is 5.91 Å². The molecule has 0 unspecified atom stereocenters. The average molecular weight is 305 g/mol. The maximum atomic E-state index is 11.5. The number of carbonyl (C=O) groups excluding carboxylic acids is 2. The maximum absolute atomic E-state index is 11.5. The van der Waals surface area contributed by atoms with E-state index in [-0.39, 0.29) is 18.0 Å². The number of urea groups is 1. The predicted octanol–water partition coefficient (Wildman–Crippen LogP) is 0.407. The molecule has 0 heterocycles. The Morgan fingerprint density at radius 2 is 1.85 bits per heavy atom. The van der Waals surface area contributed by atoms with E-state index in [9.17, 15) is 14.4 Å². The van der Waals surface area contributed by atoms with Crippen LogP contribution in [0.3, 0.4) is 0 Å². The van der Waals surface area contributed by atoms with Crippen molar-refractivity contribution in [2.24, 2.45) is 0 Å². The van der Waals surface area contributed by atoms with Crippen LogP contribution in [0.2, 0.25) is 0 Å². The molecule has 20 heavy (non-hydrogen) atoms. The van der Waals surface area contributed by atoms with Crippen LogP contribution in [0, 0.1) is 0 Å². The third-order valence-electron chi connectivity index (χ3n) is 2.14. The highest BCUT2D eigenvalue weighted by Crippen LogP contribution is 2.01. The van der Waals surface area contributed by atoms with Gasteiger partial charge in [0.1, 0.15) is 6.04 Å². The number of carboxylic acid groups (broad SMARTS) is 1. The van der Waals surface area contributed by atoms with Crippen LogP contribution in [-0.2, 0) is 9.59 Å². The second kappa shape index (κ2) is 8.68. The molecule has 0 aromatic heterocycles. The summed E-state index contributed by atoms with van der Waals surface area (Å²) in [5.74, 6) is -0.793. The van der Waals surface area contributed by atoms with Gasteiger partial charge in [-0.2, -0.15) is 11.8 Å². The van der Waals surface area contributed by atoms with Crippen LogP contribution in [0.15, 0.2) is 0 Å². The van der Waals surface area contributed by atoms with E-state index in [4.69, 9.17) is 5.11 Å². The molecule has 0 saturated carbocycles. The van der Waals surface area contributed by atoms with Crippen molar-refractivity contribution < 1.29 is 19.5 Å². The molecule has 0 saturated heterocycles. The number of carboxylic acids is 1. The Morgan fingerprint density at radius 1 is 1.25 bits per heavy atom. The molecule has 116 valence electrons. The highest BCUT2D eigenvalue weighted by molar-refractivity contribution is 7.98. The van der Waals surface area contributed by atoms with Gasteiger partial charge in [-0.3, -0.25) is 4.79 Å². The number of hydrogen-bond acceptors (Lipinski definition) is 4. The Morgan fingerprint density at radius 3 is 2.30 bits per heavy atom. The van der Waals surface area contributed by atoms with Gasteiger partial charge in [-0.25, -0.2) is 9.59 Å². The number of rotatable bonds is 7. The van der Waals surface area contributed by atoms with Crippen molar-refractivity contribution in [3.63, 3.8) is 0 Å². The zero-order chi connectivity index (χ0) is 15.8. The number of aliphatic carboxylic acids is 1. The molecule has 0 aliphatic carbocycles. The minimum absolute atomic E-state index is 0.196. The average Bonchev–Trinajstić information content (AvgIpc) is 2.29. The first-order chi connectivity index (χ1) is 9.15. The topological polar surface area (TPSA) is 108 Å². The van der Waals surface area contributed by atoms with Crippen LogP contribution >= 0.6 is 11.8 Å². The first kappa shape index (κ1) is 18.6. The summed E-state index contributed by atoms with van der Waals surface area (Å²) in [4.78, 5) is 33.9. The largest absolute Gasteiger partial charge is 0.480 e. The van der Waals surface area contributed by atoms with Gasteiger partial charge in [0.05, 0.1) is 6.54 Å². The lowest BCUT2D eigenvalue weighted by molar-refractivity contribution is -0.139. The highest BCUT2D eigenvalue weighted by Gasteiger charge is 2.20. The molecule has 0 rings (SSSR count). The number of thioether (sulfide) groups is 1. The minimum Gasteiger partial charge on any atom is -0.480 e.